The van der Waals surface area contributed by atoms with Crippen molar-refractivity contribution >= 4 is 11.6 Å². The zero-order valence-electron chi connectivity index (χ0n) is 20.4. The number of rotatable bonds is 16. The number of carbonyl (C=O) groups is 1. The molecule has 0 aliphatic heterocycles. The first-order valence-corrected chi connectivity index (χ1v) is 12.2. The van der Waals surface area contributed by atoms with Gasteiger partial charge in [-0.25, -0.2) is 0 Å². The number of anilines is 1. The van der Waals surface area contributed by atoms with E-state index >= 15 is 0 Å². The monoisotopic (exact) mass is 472 g/mol. The van der Waals surface area contributed by atoms with Crippen LogP contribution in [-0.4, -0.2) is 47.5 Å². The molecule has 2 rings (SSSR count). The molecule has 0 fully saturated rings. The number of amides is 1. The number of aromatic hydroxyl groups is 1. The molecule has 0 spiro atoms. The van der Waals surface area contributed by atoms with Gasteiger partial charge in [-0.05, 0) is 61.2 Å². The molecule has 2 aromatic rings. The summed E-state index contributed by atoms with van der Waals surface area (Å²) >= 11 is 0. The number of aliphatic hydroxyl groups excluding tert-OH is 2. The minimum Gasteiger partial charge on any atom is -0.508 e. The van der Waals surface area contributed by atoms with Gasteiger partial charge in [0.25, 0.3) is 0 Å². The maximum Gasteiger partial charge on any atom is 0.226 e. The predicted octanol–water partition coefficient (Wildman–Crippen LogP) is 3.92. The summed E-state index contributed by atoms with van der Waals surface area (Å²) < 4.78 is 5.75. The summed E-state index contributed by atoms with van der Waals surface area (Å²) in [4.78, 5) is 11.7. The molecular weight excluding hydrogens is 432 g/mol. The molecule has 2 aromatic carbocycles. The molecule has 188 valence electrons. The number of unbranched alkanes of at least 4 members (excludes halogenated alkanes) is 3. The zero-order chi connectivity index (χ0) is 24.8. The van der Waals surface area contributed by atoms with Gasteiger partial charge in [0.1, 0.15) is 5.75 Å². The van der Waals surface area contributed by atoms with E-state index in [2.05, 4.69) is 10.6 Å². The number of benzene rings is 2. The molecule has 0 saturated heterocycles. The summed E-state index contributed by atoms with van der Waals surface area (Å²) in [5.74, 6) is 0.0317. The lowest BCUT2D eigenvalue weighted by atomic mass is 10.1. The molecular formula is C27H40N2O5. The fourth-order valence-corrected chi connectivity index (χ4v) is 3.44. The van der Waals surface area contributed by atoms with Crippen LogP contribution in [-0.2, 0) is 22.6 Å². The fourth-order valence-electron chi connectivity index (χ4n) is 3.44. The van der Waals surface area contributed by atoms with Crippen molar-refractivity contribution in [3.63, 3.8) is 0 Å². The highest BCUT2D eigenvalue weighted by Crippen LogP contribution is 2.22. The van der Waals surface area contributed by atoms with Crippen molar-refractivity contribution in [2.24, 2.45) is 5.92 Å². The molecule has 0 heterocycles. The Morgan fingerprint density at radius 3 is 2.44 bits per heavy atom. The first-order valence-electron chi connectivity index (χ1n) is 12.2. The van der Waals surface area contributed by atoms with E-state index < -0.39 is 6.10 Å². The Balaban J connectivity index is 1.46. The molecule has 1 atom stereocenters. The molecule has 5 N–H and O–H groups in total. The summed E-state index contributed by atoms with van der Waals surface area (Å²) in [5, 5.41) is 35.2. The largest absolute Gasteiger partial charge is 0.508 e. The molecule has 0 aliphatic carbocycles. The average Bonchev–Trinajstić information content (AvgIpc) is 2.83. The van der Waals surface area contributed by atoms with Gasteiger partial charge in [-0.3, -0.25) is 4.79 Å². The van der Waals surface area contributed by atoms with E-state index in [1.165, 1.54) is 11.6 Å². The standard InChI is InChI=1S/C27H40N2O5/c1-20(2)27(33)29-24-10-7-21(8-11-24)13-16-34-15-6-4-3-5-14-28-18-26(32)22-9-12-25(31)23(17-22)19-30/h7-12,17,20,26,28,30-32H,3-6,13-16,18-19H2,1-2H3,(H,29,33). The summed E-state index contributed by atoms with van der Waals surface area (Å²) in [7, 11) is 0. The van der Waals surface area contributed by atoms with Gasteiger partial charge in [-0.2, -0.15) is 0 Å². The number of nitrogens with one attached hydrogen (secondary N) is 2. The maximum absolute atomic E-state index is 11.7. The van der Waals surface area contributed by atoms with Gasteiger partial charge < -0.3 is 30.7 Å². The predicted molar refractivity (Wildman–Crippen MR) is 135 cm³/mol. The molecule has 1 unspecified atom stereocenters. The summed E-state index contributed by atoms with van der Waals surface area (Å²) in [6.07, 6.45) is 4.44. The Morgan fingerprint density at radius 2 is 1.74 bits per heavy atom. The van der Waals surface area contributed by atoms with Gasteiger partial charge in [0, 0.05) is 30.3 Å². The second-order valence-electron chi connectivity index (χ2n) is 8.88. The number of carbonyl (C=O) groups excluding carboxylic acids is 1. The average molecular weight is 473 g/mol. The van der Waals surface area contributed by atoms with Crippen molar-refractivity contribution in [3.05, 3.63) is 59.2 Å². The van der Waals surface area contributed by atoms with E-state index in [1.807, 2.05) is 38.1 Å². The quantitative estimate of drug-likeness (QED) is 0.237. The lowest BCUT2D eigenvalue weighted by molar-refractivity contribution is -0.118. The van der Waals surface area contributed by atoms with Crippen LogP contribution in [0.4, 0.5) is 5.69 Å². The lowest BCUT2D eigenvalue weighted by Crippen LogP contribution is -2.22. The van der Waals surface area contributed by atoms with Crippen molar-refractivity contribution in [1.82, 2.24) is 5.32 Å². The smallest absolute Gasteiger partial charge is 0.226 e. The Morgan fingerprint density at radius 1 is 1.00 bits per heavy atom. The van der Waals surface area contributed by atoms with Gasteiger partial charge in [0.15, 0.2) is 0 Å². The van der Waals surface area contributed by atoms with Crippen LogP contribution in [0.5, 0.6) is 5.75 Å². The van der Waals surface area contributed by atoms with E-state index in [0.717, 1.165) is 50.9 Å². The second-order valence-corrected chi connectivity index (χ2v) is 8.88. The Hall–Kier alpha value is -2.45. The Bertz CT molecular complexity index is 855. The zero-order valence-corrected chi connectivity index (χ0v) is 20.4. The van der Waals surface area contributed by atoms with Crippen LogP contribution >= 0.6 is 0 Å². The van der Waals surface area contributed by atoms with Gasteiger partial charge >= 0.3 is 0 Å². The first-order chi connectivity index (χ1) is 16.4. The minimum absolute atomic E-state index is 0.0240. The maximum atomic E-state index is 11.7. The highest BCUT2D eigenvalue weighted by Gasteiger charge is 2.10. The van der Waals surface area contributed by atoms with Crippen LogP contribution in [0.1, 0.15) is 62.3 Å². The van der Waals surface area contributed by atoms with Crippen LogP contribution < -0.4 is 10.6 Å². The number of aliphatic hydroxyl groups is 2. The van der Waals surface area contributed by atoms with E-state index in [-0.39, 0.29) is 24.2 Å². The SMILES string of the molecule is CC(C)C(=O)Nc1ccc(CCOCCCCCCNCC(O)c2ccc(O)c(CO)c2)cc1. The van der Waals surface area contributed by atoms with Crippen molar-refractivity contribution in [2.75, 3.05) is 31.6 Å². The van der Waals surface area contributed by atoms with Gasteiger partial charge in [0.05, 0.1) is 19.3 Å². The van der Waals surface area contributed by atoms with Crippen molar-refractivity contribution in [1.29, 1.82) is 0 Å². The van der Waals surface area contributed by atoms with Crippen LogP contribution in [0.25, 0.3) is 0 Å². The molecule has 7 nitrogen and oxygen atoms in total. The molecule has 0 aliphatic rings. The van der Waals surface area contributed by atoms with E-state index in [9.17, 15) is 20.1 Å². The topological polar surface area (TPSA) is 111 Å². The highest BCUT2D eigenvalue weighted by molar-refractivity contribution is 5.92. The van der Waals surface area contributed by atoms with E-state index in [1.54, 1.807) is 12.1 Å². The number of phenols is 1. The Kier molecular flexibility index (Phi) is 12.6. The molecule has 0 radical (unpaired) electrons. The summed E-state index contributed by atoms with van der Waals surface area (Å²) in [6, 6.07) is 12.7. The third kappa shape index (κ3) is 10.2. The molecule has 0 bridgehead atoms. The highest BCUT2D eigenvalue weighted by atomic mass is 16.5. The third-order valence-corrected chi connectivity index (χ3v) is 5.67. The number of hydrogen-bond acceptors (Lipinski definition) is 6. The molecule has 0 saturated carbocycles. The van der Waals surface area contributed by atoms with E-state index in [0.29, 0.717) is 24.3 Å². The van der Waals surface area contributed by atoms with Gasteiger partial charge in [-0.1, -0.05) is 44.9 Å². The van der Waals surface area contributed by atoms with Crippen LogP contribution in [0.3, 0.4) is 0 Å². The number of hydrogen-bond donors (Lipinski definition) is 5. The normalized spacial score (nSPS) is 12.1. The van der Waals surface area contributed by atoms with Crippen LogP contribution in [0.2, 0.25) is 0 Å². The molecule has 7 heteroatoms. The lowest BCUT2D eigenvalue weighted by Gasteiger charge is -2.14. The summed E-state index contributed by atoms with van der Waals surface area (Å²) in [6.45, 7) is 6.20. The van der Waals surface area contributed by atoms with Crippen molar-refractivity contribution < 1.29 is 24.9 Å². The van der Waals surface area contributed by atoms with Crippen molar-refractivity contribution in [3.8, 4) is 5.75 Å². The number of ether oxygens (including phenoxy) is 1. The second kappa shape index (κ2) is 15.5. The van der Waals surface area contributed by atoms with Crippen LogP contribution in [0, 0.1) is 5.92 Å². The first kappa shape index (κ1) is 27.8. The minimum atomic E-state index is -0.672. The summed E-state index contributed by atoms with van der Waals surface area (Å²) in [5.41, 5.74) is 3.11. The van der Waals surface area contributed by atoms with Crippen molar-refractivity contribution in [2.45, 2.75) is 58.7 Å². The van der Waals surface area contributed by atoms with Gasteiger partial charge in [-0.15, -0.1) is 0 Å². The Labute approximate surface area is 203 Å². The molecule has 34 heavy (non-hydrogen) atoms. The third-order valence-electron chi connectivity index (χ3n) is 5.67. The van der Waals surface area contributed by atoms with Crippen LogP contribution in [0.15, 0.2) is 42.5 Å². The fraction of sp³-hybridized carbons (Fsp3) is 0.519. The van der Waals surface area contributed by atoms with E-state index in [4.69, 9.17) is 4.74 Å². The van der Waals surface area contributed by atoms with Gasteiger partial charge in [0.2, 0.25) is 5.91 Å². The molecule has 0 aromatic heterocycles. The molecule has 1 amide bonds.